The van der Waals surface area contributed by atoms with Crippen LogP contribution >= 0.6 is 12.4 Å². The number of nitrogens with one attached hydrogen (secondary N) is 1. The van der Waals surface area contributed by atoms with E-state index in [4.69, 9.17) is 5.21 Å². The van der Waals surface area contributed by atoms with Crippen molar-refractivity contribution in [2.24, 2.45) is 12.5 Å². The largest absolute Gasteiger partial charge is 0.350 e. The molecule has 0 radical (unpaired) electrons. The average Bonchev–Trinajstić information content (AvgIpc) is 2.97. The van der Waals surface area contributed by atoms with E-state index in [1.807, 2.05) is 17.7 Å². The molecule has 0 aliphatic carbocycles. The number of likely N-dealkylation sites (tertiary alicyclic amines) is 1. The standard InChI is InChI=1S/C20H21FN6O2.ClH/c1-25-7-14(16-3-2-15(21)4-17(16)25)8-26-9-20(10-26)11-27(12-20)19-22-5-13(6-23-19)18(28)24-29;/h2-7,29H,8-12H2,1H3,(H,24,28);1H. The lowest BCUT2D eigenvalue weighted by molar-refractivity contribution is -0.0278. The van der Waals surface area contributed by atoms with E-state index in [-0.39, 0.29) is 29.2 Å². The van der Waals surface area contributed by atoms with Gasteiger partial charge in [0, 0.05) is 69.2 Å². The van der Waals surface area contributed by atoms with E-state index in [1.54, 1.807) is 11.5 Å². The van der Waals surface area contributed by atoms with Crippen LogP contribution in [-0.4, -0.2) is 56.7 Å². The van der Waals surface area contributed by atoms with Gasteiger partial charge in [-0.25, -0.2) is 19.8 Å². The van der Waals surface area contributed by atoms with Crippen molar-refractivity contribution in [3.8, 4) is 0 Å². The van der Waals surface area contributed by atoms with Crippen LogP contribution in [-0.2, 0) is 13.6 Å². The van der Waals surface area contributed by atoms with Crippen LogP contribution in [0.15, 0.2) is 36.8 Å². The Hall–Kier alpha value is -2.75. The number of aromatic nitrogens is 3. The van der Waals surface area contributed by atoms with Crippen LogP contribution in [0.25, 0.3) is 10.9 Å². The number of carbonyl (C=O) groups excluding carboxylic acids is 1. The number of anilines is 1. The van der Waals surface area contributed by atoms with Crippen LogP contribution in [0, 0.1) is 11.2 Å². The zero-order valence-electron chi connectivity index (χ0n) is 16.4. The third-order valence-corrected chi connectivity index (χ3v) is 5.88. The highest BCUT2D eigenvalue weighted by Gasteiger charge is 2.52. The predicted molar refractivity (Wildman–Crippen MR) is 111 cm³/mol. The SMILES string of the molecule is Cl.Cn1cc(CN2CC3(C2)CN(c2ncc(C(=O)NO)cn2)C3)c2ccc(F)cc21. The third kappa shape index (κ3) is 3.38. The number of amides is 1. The summed E-state index contributed by atoms with van der Waals surface area (Å²) in [7, 11) is 1.95. The van der Waals surface area contributed by atoms with E-state index < -0.39 is 5.91 Å². The molecule has 5 rings (SSSR count). The van der Waals surface area contributed by atoms with Crippen molar-refractivity contribution < 1.29 is 14.4 Å². The molecule has 1 spiro atoms. The monoisotopic (exact) mass is 432 g/mol. The average molecular weight is 433 g/mol. The summed E-state index contributed by atoms with van der Waals surface area (Å²) in [5.41, 5.74) is 4.19. The maximum absolute atomic E-state index is 13.5. The van der Waals surface area contributed by atoms with Gasteiger partial charge in [0.2, 0.25) is 5.95 Å². The number of hydrogen-bond acceptors (Lipinski definition) is 6. The minimum Gasteiger partial charge on any atom is -0.350 e. The van der Waals surface area contributed by atoms with E-state index in [1.165, 1.54) is 24.0 Å². The van der Waals surface area contributed by atoms with Crippen molar-refractivity contribution >= 4 is 35.2 Å². The van der Waals surface area contributed by atoms with Crippen molar-refractivity contribution in [3.05, 3.63) is 53.7 Å². The minimum absolute atomic E-state index is 0. The number of rotatable bonds is 4. The Balaban J connectivity index is 0.00000218. The highest BCUT2D eigenvalue weighted by molar-refractivity contribution is 5.92. The van der Waals surface area contributed by atoms with Crippen molar-refractivity contribution in [1.82, 2.24) is 24.9 Å². The number of halogens is 2. The zero-order chi connectivity index (χ0) is 20.2. The number of hydrogen-bond donors (Lipinski definition) is 2. The molecule has 0 bridgehead atoms. The third-order valence-electron chi connectivity index (χ3n) is 5.88. The summed E-state index contributed by atoms with van der Waals surface area (Å²) >= 11 is 0. The smallest absolute Gasteiger partial charge is 0.277 e. The maximum atomic E-state index is 13.5. The van der Waals surface area contributed by atoms with Gasteiger partial charge in [-0.1, -0.05) is 0 Å². The van der Waals surface area contributed by atoms with E-state index in [9.17, 15) is 9.18 Å². The zero-order valence-corrected chi connectivity index (χ0v) is 17.2. The predicted octanol–water partition coefficient (Wildman–Crippen LogP) is 1.97. The second-order valence-electron chi connectivity index (χ2n) is 8.14. The highest BCUT2D eigenvalue weighted by Crippen LogP contribution is 2.41. The maximum Gasteiger partial charge on any atom is 0.277 e. The van der Waals surface area contributed by atoms with Crippen LogP contribution in [0.5, 0.6) is 0 Å². The summed E-state index contributed by atoms with van der Waals surface area (Å²) < 4.78 is 15.5. The Labute approximate surface area is 178 Å². The molecule has 2 aliphatic heterocycles. The van der Waals surface area contributed by atoms with E-state index in [0.29, 0.717) is 5.95 Å². The van der Waals surface area contributed by atoms with Crippen LogP contribution < -0.4 is 10.4 Å². The van der Waals surface area contributed by atoms with Crippen LogP contribution in [0.4, 0.5) is 10.3 Å². The van der Waals surface area contributed by atoms with Gasteiger partial charge in [-0.05, 0) is 23.8 Å². The molecule has 1 aromatic carbocycles. The molecule has 158 valence electrons. The van der Waals surface area contributed by atoms with Crippen LogP contribution in [0.3, 0.4) is 0 Å². The van der Waals surface area contributed by atoms with Crippen molar-refractivity contribution in [2.45, 2.75) is 6.54 Å². The van der Waals surface area contributed by atoms with Crippen molar-refractivity contribution in [2.75, 3.05) is 31.1 Å². The molecule has 2 fully saturated rings. The lowest BCUT2D eigenvalue weighted by atomic mass is 9.73. The molecule has 10 heteroatoms. The Bertz CT molecular complexity index is 1090. The normalized spacial score (nSPS) is 17.4. The summed E-state index contributed by atoms with van der Waals surface area (Å²) in [6, 6.07) is 4.96. The first kappa shape index (κ1) is 20.5. The molecular weight excluding hydrogens is 411 g/mol. The summed E-state index contributed by atoms with van der Waals surface area (Å²) in [6.45, 7) is 4.63. The molecule has 1 amide bonds. The first-order valence-electron chi connectivity index (χ1n) is 9.44. The fraction of sp³-hybridized carbons (Fsp3) is 0.350. The first-order chi connectivity index (χ1) is 14.0. The lowest BCUT2D eigenvalue weighted by Gasteiger charge is -2.60. The molecule has 2 N–H and O–H groups in total. The quantitative estimate of drug-likeness (QED) is 0.484. The van der Waals surface area contributed by atoms with Gasteiger partial charge in [0.1, 0.15) is 5.82 Å². The van der Waals surface area contributed by atoms with Gasteiger partial charge in [0.05, 0.1) is 11.1 Å². The summed E-state index contributed by atoms with van der Waals surface area (Å²) in [6.07, 6.45) is 4.91. The van der Waals surface area contributed by atoms with Gasteiger partial charge in [0.25, 0.3) is 5.91 Å². The van der Waals surface area contributed by atoms with Crippen molar-refractivity contribution in [1.29, 1.82) is 0 Å². The molecule has 0 saturated carbocycles. The number of nitrogens with zero attached hydrogens (tertiary/aromatic N) is 5. The summed E-state index contributed by atoms with van der Waals surface area (Å²) in [5.74, 6) is -0.239. The minimum atomic E-state index is -0.623. The molecule has 2 saturated heterocycles. The van der Waals surface area contributed by atoms with Crippen LogP contribution in [0.2, 0.25) is 0 Å². The fourth-order valence-corrected chi connectivity index (χ4v) is 4.59. The van der Waals surface area contributed by atoms with Crippen molar-refractivity contribution in [3.63, 3.8) is 0 Å². The second-order valence-corrected chi connectivity index (χ2v) is 8.14. The topological polar surface area (TPSA) is 86.5 Å². The Kier molecular flexibility index (Phi) is 5.13. The number of fused-ring (bicyclic) bond motifs is 1. The molecule has 0 unspecified atom stereocenters. The van der Waals surface area contributed by atoms with Gasteiger partial charge in [-0.3, -0.25) is 14.9 Å². The summed E-state index contributed by atoms with van der Waals surface area (Å²) in [4.78, 5) is 24.3. The Morgan fingerprint density at radius 1 is 1.23 bits per heavy atom. The Morgan fingerprint density at radius 3 is 2.60 bits per heavy atom. The van der Waals surface area contributed by atoms with Gasteiger partial charge in [-0.2, -0.15) is 0 Å². The lowest BCUT2D eigenvalue weighted by Crippen LogP contribution is -2.72. The van der Waals surface area contributed by atoms with E-state index >= 15 is 0 Å². The molecule has 4 heterocycles. The summed E-state index contributed by atoms with van der Waals surface area (Å²) in [5, 5.41) is 9.75. The van der Waals surface area contributed by atoms with Crippen LogP contribution in [0.1, 0.15) is 15.9 Å². The molecule has 2 aromatic heterocycles. The molecular formula is C20H22ClFN6O2. The van der Waals surface area contributed by atoms with E-state index in [0.717, 1.165) is 43.6 Å². The molecule has 2 aliphatic rings. The van der Waals surface area contributed by atoms with E-state index in [2.05, 4.69) is 26.0 Å². The molecule has 8 nitrogen and oxygen atoms in total. The first-order valence-corrected chi connectivity index (χ1v) is 9.44. The number of benzene rings is 1. The van der Waals surface area contributed by atoms with Gasteiger partial charge in [-0.15, -0.1) is 12.4 Å². The Morgan fingerprint density at radius 2 is 1.93 bits per heavy atom. The number of hydroxylamine groups is 1. The number of carbonyl (C=O) groups is 1. The van der Waals surface area contributed by atoms with Gasteiger partial charge in [0.15, 0.2) is 0 Å². The fourth-order valence-electron chi connectivity index (χ4n) is 4.59. The molecule has 30 heavy (non-hydrogen) atoms. The molecule has 0 atom stereocenters. The highest BCUT2D eigenvalue weighted by atomic mass is 35.5. The van der Waals surface area contributed by atoms with Gasteiger partial charge < -0.3 is 9.47 Å². The van der Waals surface area contributed by atoms with Gasteiger partial charge >= 0.3 is 0 Å². The second kappa shape index (κ2) is 7.50. The number of aryl methyl sites for hydroxylation is 1. The molecule has 3 aromatic rings.